The number of carbonyl (C=O) groups excluding carboxylic acids is 1. The molecule has 0 amide bonds. The van der Waals surface area contributed by atoms with Crippen LogP contribution in [0, 0.1) is 0 Å². The number of rotatable bonds is 5. The predicted molar refractivity (Wildman–Crippen MR) is 110 cm³/mol. The molecule has 4 rings (SSSR count). The Morgan fingerprint density at radius 2 is 1.88 bits per heavy atom. The van der Waals surface area contributed by atoms with Crippen LogP contribution >= 0.6 is 0 Å². The second kappa shape index (κ2) is 8.60. The third-order valence-electron chi connectivity index (χ3n) is 5.24. The lowest BCUT2D eigenvalue weighted by atomic mass is 10.2. The number of sulfonamides is 1. The zero-order valence-corrected chi connectivity index (χ0v) is 17.8. The van der Waals surface area contributed by atoms with Crippen molar-refractivity contribution in [3.05, 3.63) is 76.3 Å². The van der Waals surface area contributed by atoms with Gasteiger partial charge in [-0.15, -0.1) is 0 Å². The standard InChI is InChI=1S/C21H18F3N3O5S/c22-21(23,24)15-6-1-2-8-17(15)33(30,31)27-11-5-7-16(27)20(29)32-13-14-12-19(28)26-10-4-3-9-18(26)25-14/h1-4,6,8-10,12,16H,5,7,11,13H2/t16-/m0/s1. The fraction of sp³-hybridized carbons (Fsp3) is 0.286. The molecule has 0 spiro atoms. The van der Waals surface area contributed by atoms with E-state index in [0.29, 0.717) is 11.7 Å². The van der Waals surface area contributed by atoms with Gasteiger partial charge < -0.3 is 4.74 Å². The molecular weight excluding hydrogens is 463 g/mol. The first-order chi connectivity index (χ1) is 15.6. The molecule has 1 atom stereocenters. The second-order valence-corrected chi connectivity index (χ2v) is 9.25. The van der Waals surface area contributed by atoms with Crippen molar-refractivity contribution in [2.45, 2.75) is 36.6 Å². The molecule has 0 unspecified atom stereocenters. The highest BCUT2D eigenvalue weighted by Crippen LogP contribution is 2.37. The van der Waals surface area contributed by atoms with E-state index in [1.165, 1.54) is 22.7 Å². The number of hydrogen-bond donors (Lipinski definition) is 0. The Hall–Kier alpha value is -3.25. The van der Waals surface area contributed by atoms with Crippen LogP contribution in [0.1, 0.15) is 24.1 Å². The number of alkyl halides is 3. The highest BCUT2D eigenvalue weighted by atomic mass is 32.2. The predicted octanol–water partition coefficient (Wildman–Crippen LogP) is 2.61. The average Bonchev–Trinajstić information content (AvgIpc) is 3.28. The SMILES string of the molecule is O=C(OCc1cc(=O)n2ccccc2n1)[C@@H]1CCCN1S(=O)(=O)c1ccccc1C(F)(F)F. The van der Waals surface area contributed by atoms with Crippen LogP contribution in [0.2, 0.25) is 0 Å². The van der Waals surface area contributed by atoms with Crippen molar-refractivity contribution in [2.75, 3.05) is 6.54 Å². The summed E-state index contributed by atoms with van der Waals surface area (Å²) in [7, 11) is -4.62. The number of ether oxygens (including phenoxy) is 1. The monoisotopic (exact) mass is 481 g/mol. The van der Waals surface area contributed by atoms with Gasteiger partial charge in [-0.25, -0.2) is 13.4 Å². The zero-order valence-electron chi connectivity index (χ0n) is 17.0. The first kappa shape index (κ1) is 22.9. The van der Waals surface area contributed by atoms with Gasteiger partial charge in [0.1, 0.15) is 18.3 Å². The average molecular weight is 481 g/mol. The number of nitrogens with zero attached hydrogens (tertiary/aromatic N) is 3. The molecule has 0 N–H and O–H groups in total. The maximum absolute atomic E-state index is 13.4. The Kier molecular flexibility index (Phi) is 5.97. The number of halogens is 3. The number of carbonyl (C=O) groups is 1. The van der Waals surface area contributed by atoms with Gasteiger partial charge in [0.05, 0.1) is 16.2 Å². The summed E-state index contributed by atoms with van der Waals surface area (Å²) in [5.41, 5.74) is -1.19. The fourth-order valence-electron chi connectivity index (χ4n) is 3.73. The van der Waals surface area contributed by atoms with Crippen LogP contribution in [-0.2, 0) is 32.3 Å². The van der Waals surface area contributed by atoms with Gasteiger partial charge in [0.25, 0.3) is 5.56 Å². The number of fused-ring (bicyclic) bond motifs is 1. The molecular formula is C21H18F3N3O5S. The molecule has 0 saturated carbocycles. The van der Waals surface area contributed by atoms with E-state index < -0.39 is 38.7 Å². The Labute approximate surface area is 186 Å². The zero-order chi connectivity index (χ0) is 23.8. The molecule has 8 nitrogen and oxygen atoms in total. The van der Waals surface area contributed by atoms with Gasteiger partial charge in [0.2, 0.25) is 10.0 Å². The Balaban J connectivity index is 1.55. The van der Waals surface area contributed by atoms with Crippen molar-refractivity contribution >= 4 is 21.6 Å². The molecule has 0 radical (unpaired) electrons. The van der Waals surface area contributed by atoms with Crippen molar-refractivity contribution in [1.29, 1.82) is 0 Å². The minimum Gasteiger partial charge on any atom is -0.458 e. The van der Waals surface area contributed by atoms with Gasteiger partial charge in [-0.2, -0.15) is 17.5 Å². The summed E-state index contributed by atoms with van der Waals surface area (Å²) in [6, 6.07) is 8.66. The quantitative estimate of drug-likeness (QED) is 0.520. The lowest BCUT2D eigenvalue weighted by molar-refractivity contribution is -0.148. The van der Waals surface area contributed by atoms with Gasteiger partial charge in [0.15, 0.2) is 0 Å². The molecule has 2 aromatic heterocycles. The van der Waals surface area contributed by atoms with Crippen molar-refractivity contribution in [1.82, 2.24) is 13.7 Å². The molecule has 0 bridgehead atoms. The van der Waals surface area contributed by atoms with E-state index in [-0.39, 0.29) is 37.2 Å². The van der Waals surface area contributed by atoms with E-state index in [4.69, 9.17) is 4.74 Å². The fourth-order valence-corrected chi connectivity index (χ4v) is 5.59. The van der Waals surface area contributed by atoms with Crippen molar-refractivity contribution in [2.24, 2.45) is 0 Å². The molecule has 1 aliphatic heterocycles. The maximum Gasteiger partial charge on any atom is 0.417 e. The number of pyridine rings is 1. The number of esters is 1. The van der Waals surface area contributed by atoms with Gasteiger partial charge in [-0.1, -0.05) is 18.2 Å². The minimum atomic E-state index is -4.88. The van der Waals surface area contributed by atoms with Gasteiger partial charge >= 0.3 is 12.1 Å². The topological polar surface area (TPSA) is 98.1 Å². The maximum atomic E-state index is 13.4. The summed E-state index contributed by atoms with van der Waals surface area (Å²) in [5.74, 6) is -0.921. The van der Waals surface area contributed by atoms with E-state index in [2.05, 4.69) is 4.98 Å². The number of benzene rings is 1. The third-order valence-corrected chi connectivity index (χ3v) is 7.21. The highest BCUT2D eigenvalue weighted by molar-refractivity contribution is 7.89. The molecule has 1 aromatic carbocycles. The molecule has 3 heterocycles. The first-order valence-corrected chi connectivity index (χ1v) is 11.3. The van der Waals surface area contributed by atoms with Crippen LogP contribution in [0.5, 0.6) is 0 Å². The summed E-state index contributed by atoms with van der Waals surface area (Å²) in [4.78, 5) is 28.1. The summed E-state index contributed by atoms with van der Waals surface area (Å²) in [6.07, 6.45) is -2.97. The van der Waals surface area contributed by atoms with E-state index in [1.807, 2.05) is 0 Å². The lowest BCUT2D eigenvalue weighted by Gasteiger charge is -2.24. The third kappa shape index (κ3) is 4.48. The minimum absolute atomic E-state index is 0.0973. The Morgan fingerprint density at radius 3 is 2.64 bits per heavy atom. The summed E-state index contributed by atoms with van der Waals surface area (Å²) < 4.78 is 73.4. The van der Waals surface area contributed by atoms with Gasteiger partial charge in [-0.3, -0.25) is 14.0 Å². The van der Waals surface area contributed by atoms with Crippen LogP contribution in [-0.4, -0.2) is 40.7 Å². The first-order valence-electron chi connectivity index (χ1n) is 9.91. The lowest BCUT2D eigenvalue weighted by Crippen LogP contribution is -2.41. The second-order valence-electron chi connectivity index (χ2n) is 7.39. The van der Waals surface area contributed by atoms with Crippen LogP contribution in [0.4, 0.5) is 13.2 Å². The van der Waals surface area contributed by atoms with Gasteiger partial charge in [0, 0.05) is 18.8 Å². The molecule has 33 heavy (non-hydrogen) atoms. The number of hydrogen-bond acceptors (Lipinski definition) is 6. The molecule has 3 aromatic rings. The van der Waals surface area contributed by atoms with Crippen LogP contribution in [0.25, 0.3) is 5.65 Å². The smallest absolute Gasteiger partial charge is 0.417 e. The Morgan fingerprint density at radius 1 is 1.15 bits per heavy atom. The van der Waals surface area contributed by atoms with E-state index in [1.54, 1.807) is 18.2 Å². The molecule has 1 saturated heterocycles. The van der Waals surface area contributed by atoms with Crippen LogP contribution in [0.15, 0.2) is 64.4 Å². The van der Waals surface area contributed by atoms with Crippen molar-refractivity contribution in [3.63, 3.8) is 0 Å². The highest BCUT2D eigenvalue weighted by Gasteiger charge is 2.44. The van der Waals surface area contributed by atoms with Crippen LogP contribution in [0.3, 0.4) is 0 Å². The summed E-state index contributed by atoms with van der Waals surface area (Å²) in [5, 5.41) is 0. The van der Waals surface area contributed by atoms with Gasteiger partial charge in [-0.05, 0) is 37.1 Å². The van der Waals surface area contributed by atoms with Crippen LogP contribution < -0.4 is 5.56 Å². The number of aromatic nitrogens is 2. The molecule has 1 aliphatic rings. The molecule has 12 heteroatoms. The van der Waals surface area contributed by atoms with Crippen molar-refractivity contribution in [3.8, 4) is 0 Å². The largest absolute Gasteiger partial charge is 0.458 e. The molecule has 174 valence electrons. The van der Waals surface area contributed by atoms with E-state index in [0.717, 1.165) is 16.4 Å². The summed E-state index contributed by atoms with van der Waals surface area (Å²) in [6.45, 7) is -0.507. The van der Waals surface area contributed by atoms with E-state index >= 15 is 0 Å². The summed E-state index contributed by atoms with van der Waals surface area (Å²) >= 11 is 0. The Bertz CT molecular complexity index is 1370. The molecule has 1 fully saturated rings. The normalized spacial score (nSPS) is 17.4. The molecule has 0 aliphatic carbocycles. The van der Waals surface area contributed by atoms with Crippen molar-refractivity contribution < 1.29 is 31.1 Å². The van der Waals surface area contributed by atoms with E-state index in [9.17, 15) is 31.2 Å².